The molecule has 2 aromatic heterocycles. The number of aromatic nitrogens is 4. The molecule has 4 N–H and O–H groups in total. The number of nitrogens with zero attached hydrogens (tertiary/aromatic N) is 4. The molecule has 332 valence electrons. The smallest absolute Gasteiger partial charge is 0.407 e. The zero-order valence-corrected chi connectivity index (χ0v) is 36.1. The Hall–Kier alpha value is -5.45. The van der Waals surface area contributed by atoms with Crippen LogP contribution in [0.25, 0.3) is 33.6 Å². The van der Waals surface area contributed by atoms with Crippen LogP contribution in [0.15, 0.2) is 54.7 Å². The van der Waals surface area contributed by atoms with Gasteiger partial charge in [-0.3, -0.25) is 9.59 Å². The Labute approximate surface area is 370 Å². The molecular formula is C46H53ClN8O8. The number of aromatic amines is 2. The minimum Gasteiger partial charge on any atom is -0.453 e. The van der Waals surface area contributed by atoms with E-state index in [2.05, 4.69) is 44.9 Å². The number of H-pyrrole nitrogens is 2. The molecule has 10 atom stereocenters. The summed E-state index contributed by atoms with van der Waals surface area (Å²) in [7, 11) is 2.61. The molecule has 17 heteroatoms. The second-order valence-electron chi connectivity index (χ2n) is 17.9. The van der Waals surface area contributed by atoms with E-state index in [0.29, 0.717) is 54.9 Å². The second kappa shape index (κ2) is 17.3. The van der Waals surface area contributed by atoms with Crippen LogP contribution in [0.4, 0.5) is 9.59 Å². The molecular weight excluding hydrogens is 828 g/mol. The molecule has 16 nitrogen and oxygen atoms in total. The highest BCUT2D eigenvalue weighted by molar-refractivity contribution is 6.32. The van der Waals surface area contributed by atoms with Crippen molar-refractivity contribution in [1.29, 1.82) is 0 Å². The van der Waals surface area contributed by atoms with Crippen molar-refractivity contribution in [2.45, 2.75) is 87.6 Å². The molecule has 4 saturated heterocycles. The van der Waals surface area contributed by atoms with Crippen LogP contribution in [0, 0.1) is 23.7 Å². The number of nitrogens with one attached hydrogen (secondary N) is 4. The zero-order valence-electron chi connectivity index (χ0n) is 35.4. The Kier molecular flexibility index (Phi) is 11.4. The van der Waals surface area contributed by atoms with Gasteiger partial charge in [-0.05, 0) is 79.9 Å². The van der Waals surface area contributed by atoms with Gasteiger partial charge < -0.3 is 49.3 Å². The predicted molar refractivity (Wildman–Crippen MR) is 230 cm³/mol. The number of benzene rings is 2. The topological polar surface area (TPSA) is 193 Å². The van der Waals surface area contributed by atoms with Crippen LogP contribution >= 0.6 is 11.6 Å². The number of halogens is 1. The lowest BCUT2D eigenvalue weighted by molar-refractivity contribution is -0.139. The van der Waals surface area contributed by atoms with Crippen LogP contribution in [0.3, 0.4) is 0 Å². The van der Waals surface area contributed by atoms with Gasteiger partial charge in [-0.2, -0.15) is 0 Å². The Bertz CT molecular complexity index is 2340. The van der Waals surface area contributed by atoms with Crippen LogP contribution in [-0.2, 0) is 28.5 Å². The summed E-state index contributed by atoms with van der Waals surface area (Å²) >= 11 is 6.82. The fraction of sp³-hybridized carbons (Fsp3) is 0.522. The normalized spacial score (nSPS) is 28.0. The standard InChI is InChI=1S/C46H53ClN8O8/c1-60-45(58)51-38(28-5-3-15-62-22-28)43(56)54-33-17-30(33)19-35(54)41-48-21-32(49-41)26-11-7-24(8-12-26)25-9-13-27(14-10-25)37-40(47)53-42(50-37)36-20-31-18-34(31)55(36)44(57)39(52-46(59)61-2)29-6-4-16-63-23-29/h7-14,21,28-31,33-36,38-39H,3-6,15-20,22-23H2,1-2H3,(H,48,49)(H,50,53)(H,51,58)(H,52,59)/t28-,29-,30+,31+,33+,34+,35-,36-,38-,39-/m0/s1. The van der Waals surface area contributed by atoms with Crippen LogP contribution in [0.5, 0.6) is 0 Å². The Morgan fingerprint density at radius 2 is 1.19 bits per heavy atom. The van der Waals surface area contributed by atoms with Gasteiger partial charge in [0.1, 0.15) is 34.6 Å². The SMILES string of the molecule is COC(=O)N[C@H](C(=O)N1[C@@H]2C[C@@H]2C[C@H]1c1ncc(-c2ccc(-c3ccc(-c4nc([C@@H]5C[C@H]6C[C@H]6N5C(=O)[C@@H](NC(=O)OC)[C@H]5CCCOC5)[nH]c4Cl)cc3)cc2)[nH]1)[C@H]1CCCOC1. The van der Waals surface area contributed by atoms with E-state index < -0.39 is 24.3 Å². The average molecular weight is 881 g/mol. The van der Waals surface area contributed by atoms with Gasteiger partial charge >= 0.3 is 12.2 Å². The van der Waals surface area contributed by atoms with E-state index in [1.807, 2.05) is 40.3 Å². The molecule has 4 aliphatic heterocycles. The maximum atomic E-state index is 14.2. The van der Waals surface area contributed by atoms with E-state index in [0.717, 1.165) is 85.1 Å². The molecule has 2 saturated carbocycles. The summed E-state index contributed by atoms with van der Waals surface area (Å²) in [4.78, 5) is 73.5. The summed E-state index contributed by atoms with van der Waals surface area (Å²) in [5.41, 5.74) is 5.32. The van der Waals surface area contributed by atoms with Gasteiger partial charge in [-0.25, -0.2) is 19.6 Å². The first-order valence-corrected chi connectivity index (χ1v) is 22.6. The van der Waals surface area contributed by atoms with Gasteiger partial charge in [-0.1, -0.05) is 60.1 Å². The highest BCUT2D eigenvalue weighted by atomic mass is 35.5. The number of piperidine rings is 2. The highest BCUT2D eigenvalue weighted by Crippen LogP contribution is 2.55. The van der Waals surface area contributed by atoms with E-state index in [-0.39, 0.29) is 47.8 Å². The molecule has 0 radical (unpaired) electrons. The monoisotopic (exact) mass is 880 g/mol. The summed E-state index contributed by atoms with van der Waals surface area (Å²) in [6, 6.07) is 14.6. The first-order valence-electron chi connectivity index (χ1n) is 22.2. The third-order valence-electron chi connectivity index (χ3n) is 14.1. The summed E-state index contributed by atoms with van der Waals surface area (Å²) in [5.74, 6) is 1.64. The Morgan fingerprint density at radius 3 is 1.68 bits per heavy atom. The minimum atomic E-state index is -0.756. The minimum absolute atomic E-state index is 0.0966. The first kappa shape index (κ1) is 41.6. The number of hydrogen-bond acceptors (Lipinski definition) is 10. The number of hydrogen-bond donors (Lipinski definition) is 4. The third-order valence-corrected chi connectivity index (χ3v) is 14.4. The van der Waals surface area contributed by atoms with E-state index in [1.54, 1.807) is 0 Å². The number of methoxy groups -OCH3 is 2. The van der Waals surface area contributed by atoms with E-state index in [4.69, 9.17) is 40.5 Å². The molecule has 63 heavy (non-hydrogen) atoms. The number of fused-ring (bicyclic) bond motifs is 2. The number of imidazole rings is 2. The fourth-order valence-electron chi connectivity index (χ4n) is 10.6. The van der Waals surface area contributed by atoms with Crippen molar-refractivity contribution in [2.24, 2.45) is 23.7 Å². The number of carbonyl (C=O) groups excluding carboxylic acids is 4. The average Bonchev–Trinajstić information content (AvgIpc) is 3.97. The van der Waals surface area contributed by atoms with Gasteiger partial charge in [0, 0.05) is 42.7 Å². The lowest BCUT2D eigenvalue weighted by Gasteiger charge is -2.35. The largest absolute Gasteiger partial charge is 0.453 e. The van der Waals surface area contributed by atoms with Crippen LogP contribution in [0.1, 0.15) is 75.1 Å². The Balaban J connectivity index is 0.817. The molecule has 2 aromatic carbocycles. The Morgan fingerprint density at radius 1 is 0.698 bits per heavy atom. The lowest BCUT2D eigenvalue weighted by Crippen LogP contribution is -2.54. The number of amides is 4. The highest BCUT2D eigenvalue weighted by Gasteiger charge is 2.58. The maximum Gasteiger partial charge on any atom is 0.407 e. The molecule has 0 bridgehead atoms. The van der Waals surface area contributed by atoms with E-state index in [1.165, 1.54) is 14.2 Å². The summed E-state index contributed by atoms with van der Waals surface area (Å²) in [6.45, 7) is 2.12. The number of carbonyl (C=O) groups is 4. The first-order chi connectivity index (χ1) is 30.7. The van der Waals surface area contributed by atoms with Crippen LogP contribution in [-0.4, -0.2) is 119 Å². The van der Waals surface area contributed by atoms with Crippen molar-refractivity contribution in [2.75, 3.05) is 40.6 Å². The number of rotatable bonds is 11. The zero-order chi connectivity index (χ0) is 43.4. The third kappa shape index (κ3) is 8.17. The summed E-state index contributed by atoms with van der Waals surface area (Å²) in [5, 5.41) is 6.04. The molecule has 6 fully saturated rings. The molecule has 0 spiro atoms. The molecule has 4 aromatic rings. The quantitative estimate of drug-likeness (QED) is 0.131. The van der Waals surface area contributed by atoms with Gasteiger partial charge in [-0.15, -0.1) is 0 Å². The van der Waals surface area contributed by atoms with Crippen molar-refractivity contribution >= 4 is 35.6 Å². The van der Waals surface area contributed by atoms with Crippen molar-refractivity contribution in [3.63, 3.8) is 0 Å². The summed E-state index contributed by atoms with van der Waals surface area (Å²) in [6.07, 6.45) is 7.27. The molecule has 6 aliphatic rings. The number of ether oxygens (including phenoxy) is 4. The molecule has 2 aliphatic carbocycles. The van der Waals surface area contributed by atoms with Crippen molar-refractivity contribution in [1.82, 2.24) is 40.4 Å². The lowest BCUT2D eigenvalue weighted by atomic mass is 9.92. The molecule has 0 unspecified atom stereocenters. The molecule has 6 heterocycles. The van der Waals surface area contributed by atoms with E-state index >= 15 is 0 Å². The van der Waals surface area contributed by atoms with Crippen molar-refractivity contribution in [3.05, 3.63) is 71.5 Å². The van der Waals surface area contributed by atoms with Crippen molar-refractivity contribution in [3.8, 4) is 33.6 Å². The summed E-state index contributed by atoms with van der Waals surface area (Å²) < 4.78 is 21.2. The number of alkyl carbamates (subject to hydrolysis) is 2. The van der Waals surface area contributed by atoms with Gasteiger partial charge in [0.05, 0.1) is 51.4 Å². The van der Waals surface area contributed by atoms with E-state index in [9.17, 15) is 19.2 Å². The fourth-order valence-corrected chi connectivity index (χ4v) is 10.8. The second-order valence-corrected chi connectivity index (χ2v) is 18.3. The van der Waals surface area contributed by atoms with Gasteiger partial charge in [0.25, 0.3) is 0 Å². The molecule has 10 rings (SSSR count). The maximum absolute atomic E-state index is 14.2. The number of likely N-dealkylation sites (tertiary alicyclic amines) is 2. The van der Waals surface area contributed by atoms with Crippen LogP contribution in [0.2, 0.25) is 5.15 Å². The molecule has 4 amide bonds. The van der Waals surface area contributed by atoms with Crippen molar-refractivity contribution < 1.29 is 38.1 Å². The van der Waals surface area contributed by atoms with Crippen LogP contribution < -0.4 is 10.6 Å². The van der Waals surface area contributed by atoms with Gasteiger partial charge in [0.2, 0.25) is 11.8 Å². The predicted octanol–water partition coefficient (Wildman–Crippen LogP) is 6.41. The van der Waals surface area contributed by atoms with Gasteiger partial charge in [0.15, 0.2) is 0 Å².